The summed E-state index contributed by atoms with van der Waals surface area (Å²) in [6.07, 6.45) is 3.56. The normalized spacial score (nSPS) is 13.5. The molecule has 3 heterocycles. The maximum Gasteiger partial charge on any atom is 0.222 e. The van der Waals surface area contributed by atoms with Crippen LogP contribution >= 0.6 is 0 Å². The molecule has 0 saturated heterocycles. The van der Waals surface area contributed by atoms with Crippen molar-refractivity contribution in [2.75, 3.05) is 30.9 Å². The molecule has 2 aromatic heterocycles. The fourth-order valence-corrected chi connectivity index (χ4v) is 4.25. The second-order valence-electron chi connectivity index (χ2n) is 8.22. The van der Waals surface area contributed by atoms with E-state index in [1.807, 2.05) is 19.2 Å². The van der Waals surface area contributed by atoms with E-state index >= 15 is 0 Å². The molecule has 1 aliphatic rings. The molecule has 2 N–H and O–H groups in total. The highest BCUT2D eigenvalue weighted by Gasteiger charge is 2.24. The second-order valence-corrected chi connectivity index (χ2v) is 8.22. The fourth-order valence-electron chi connectivity index (χ4n) is 4.25. The van der Waals surface area contributed by atoms with Gasteiger partial charge in [0, 0.05) is 35.1 Å². The molecule has 3 aromatic rings. The summed E-state index contributed by atoms with van der Waals surface area (Å²) in [5.41, 5.74) is 12.4. The molecule has 0 fully saturated rings. The van der Waals surface area contributed by atoms with Crippen LogP contribution in [0.4, 0.5) is 11.8 Å². The van der Waals surface area contributed by atoms with Crippen molar-refractivity contribution in [3.8, 4) is 22.6 Å². The van der Waals surface area contributed by atoms with E-state index in [1.165, 1.54) is 0 Å². The van der Waals surface area contributed by atoms with Crippen molar-refractivity contribution in [3.63, 3.8) is 0 Å². The van der Waals surface area contributed by atoms with Crippen LogP contribution in [-0.4, -0.2) is 35.2 Å². The van der Waals surface area contributed by atoms with Gasteiger partial charge in [0.1, 0.15) is 23.9 Å². The summed E-state index contributed by atoms with van der Waals surface area (Å²) in [5.74, 6) is 3.15. The van der Waals surface area contributed by atoms with Crippen molar-refractivity contribution in [1.29, 1.82) is 0 Å². The van der Waals surface area contributed by atoms with Crippen LogP contribution in [0, 0.1) is 13.8 Å². The molecule has 0 aliphatic carbocycles. The highest BCUT2D eigenvalue weighted by atomic mass is 16.5. The lowest BCUT2D eigenvalue weighted by molar-refractivity contribution is 0.329. The van der Waals surface area contributed by atoms with E-state index in [2.05, 4.69) is 52.8 Å². The van der Waals surface area contributed by atoms with Gasteiger partial charge in [-0.15, -0.1) is 0 Å². The van der Waals surface area contributed by atoms with Gasteiger partial charge in [0.25, 0.3) is 0 Å². The summed E-state index contributed by atoms with van der Waals surface area (Å²) >= 11 is 0. The minimum absolute atomic E-state index is 0.287. The zero-order valence-corrected chi connectivity index (χ0v) is 18.8. The summed E-state index contributed by atoms with van der Waals surface area (Å²) in [4.78, 5) is 15.6. The summed E-state index contributed by atoms with van der Waals surface area (Å²) in [5, 5.41) is 0. The fraction of sp³-hybridized carbons (Fsp3) is 0.375. The maximum absolute atomic E-state index is 6.17. The largest absolute Gasteiger partial charge is 0.495 e. The number of anilines is 2. The highest BCUT2D eigenvalue weighted by molar-refractivity contribution is 5.68. The number of nitrogens with two attached hydrogens (primary N) is 1. The molecule has 1 aromatic carbocycles. The van der Waals surface area contributed by atoms with E-state index in [9.17, 15) is 0 Å². The van der Waals surface area contributed by atoms with E-state index in [0.29, 0.717) is 19.1 Å². The second kappa shape index (κ2) is 8.41. The van der Waals surface area contributed by atoms with Gasteiger partial charge in [0.2, 0.25) is 5.95 Å². The molecular weight excluding hydrogens is 390 g/mol. The Kier molecular flexibility index (Phi) is 5.67. The summed E-state index contributed by atoms with van der Waals surface area (Å²) in [7, 11) is 1.65. The SMILES string of the molecule is COc1cncc(-c2cc(C)c3c(c2)CN(c2nc(N)nc(C)c2C(C)C)CCO3)c1. The molecule has 31 heavy (non-hydrogen) atoms. The van der Waals surface area contributed by atoms with Gasteiger partial charge in [-0.1, -0.05) is 13.8 Å². The summed E-state index contributed by atoms with van der Waals surface area (Å²) in [6, 6.07) is 6.30. The van der Waals surface area contributed by atoms with Crippen LogP contribution in [0.1, 0.15) is 42.1 Å². The molecule has 4 rings (SSSR count). The van der Waals surface area contributed by atoms with Crippen molar-refractivity contribution < 1.29 is 9.47 Å². The van der Waals surface area contributed by atoms with Gasteiger partial charge in [-0.25, -0.2) is 4.98 Å². The Labute approximate surface area is 183 Å². The topological polar surface area (TPSA) is 86.4 Å². The van der Waals surface area contributed by atoms with Gasteiger partial charge in [-0.05, 0) is 49.1 Å². The minimum Gasteiger partial charge on any atom is -0.495 e. The molecule has 0 amide bonds. The van der Waals surface area contributed by atoms with E-state index in [4.69, 9.17) is 15.2 Å². The van der Waals surface area contributed by atoms with Gasteiger partial charge in [-0.3, -0.25) is 4.98 Å². The Morgan fingerprint density at radius 3 is 2.65 bits per heavy atom. The van der Waals surface area contributed by atoms with Crippen molar-refractivity contribution in [3.05, 3.63) is 53.0 Å². The smallest absolute Gasteiger partial charge is 0.222 e. The number of pyridine rings is 1. The van der Waals surface area contributed by atoms with Gasteiger partial charge in [-0.2, -0.15) is 4.98 Å². The van der Waals surface area contributed by atoms with Gasteiger partial charge >= 0.3 is 0 Å². The number of fused-ring (bicyclic) bond motifs is 1. The molecule has 7 heteroatoms. The first-order valence-corrected chi connectivity index (χ1v) is 10.5. The Hall–Kier alpha value is -3.35. The van der Waals surface area contributed by atoms with Crippen LogP contribution in [0.25, 0.3) is 11.1 Å². The maximum atomic E-state index is 6.17. The van der Waals surface area contributed by atoms with E-state index in [1.54, 1.807) is 13.3 Å². The van der Waals surface area contributed by atoms with E-state index in [-0.39, 0.29) is 5.92 Å². The third kappa shape index (κ3) is 4.13. The number of hydrogen-bond acceptors (Lipinski definition) is 7. The van der Waals surface area contributed by atoms with Crippen LogP contribution in [0.15, 0.2) is 30.6 Å². The minimum atomic E-state index is 0.287. The molecule has 7 nitrogen and oxygen atoms in total. The molecule has 0 spiro atoms. The lowest BCUT2D eigenvalue weighted by atomic mass is 9.99. The number of benzene rings is 1. The zero-order chi connectivity index (χ0) is 22.1. The summed E-state index contributed by atoms with van der Waals surface area (Å²) < 4.78 is 11.5. The van der Waals surface area contributed by atoms with Crippen molar-refractivity contribution in [1.82, 2.24) is 15.0 Å². The van der Waals surface area contributed by atoms with Gasteiger partial charge in [0.15, 0.2) is 0 Å². The van der Waals surface area contributed by atoms with Crippen LogP contribution < -0.4 is 20.1 Å². The zero-order valence-electron chi connectivity index (χ0n) is 18.8. The van der Waals surface area contributed by atoms with Gasteiger partial charge in [0.05, 0.1) is 19.9 Å². The predicted octanol–water partition coefficient (Wildman–Crippen LogP) is 4.27. The number of rotatable bonds is 4. The molecule has 0 atom stereocenters. The van der Waals surface area contributed by atoms with Crippen LogP contribution in [0.2, 0.25) is 0 Å². The third-order valence-corrected chi connectivity index (χ3v) is 5.61. The van der Waals surface area contributed by atoms with Crippen LogP contribution in [0.3, 0.4) is 0 Å². The number of aromatic nitrogens is 3. The Morgan fingerprint density at radius 2 is 1.90 bits per heavy atom. The Bertz CT molecular complexity index is 1110. The first-order valence-electron chi connectivity index (χ1n) is 10.5. The lowest BCUT2D eigenvalue weighted by Crippen LogP contribution is -2.28. The molecule has 0 radical (unpaired) electrons. The highest BCUT2D eigenvalue weighted by Crippen LogP contribution is 2.36. The molecular formula is C24H29N5O2. The average Bonchev–Trinajstić information content (AvgIpc) is 2.95. The quantitative estimate of drug-likeness (QED) is 0.676. The van der Waals surface area contributed by atoms with Crippen LogP contribution in [-0.2, 0) is 6.54 Å². The first kappa shape index (κ1) is 20.9. The summed E-state index contributed by atoms with van der Waals surface area (Å²) in [6.45, 7) is 10.4. The standard InChI is InChI=1S/C24H29N5O2/c1-14(2)21-16(4)27-24(25)28-23(21)29-6-7-31-22-15(3)8-17(9-19(22)13-29)18-10-20(30-5)12-26-11-18/h8-12,14H,6-7,13H2,1-5H3,(H2,25,27,28). The number of aryl methyl sites for hydroxylation is 2. The number of ether oxygens (including phenoxy) is 2. The van der Waals surface area contributed by atoms with Gasteiger partial charge < -0.3 is 20.1 Å². The molecule has 0 unspecified atom stereocenters. The Morgan fingerprint density at radius 1 is 1.10 bits per heavy atom. The molecule has 1 aliphatic heterocycles. The van der Waals surface area contributed by atoms with Crippen molar-refractivity contribution >= 4 is 11.8 Å². The molecule has 0 bridgehead atoms. The number of nitrogen functional groups attached to an aromatic ring is 1. The monoisotopic (exact) mass is 419 g/mol. The van der Waals surface area contributed by atoms with Crippen LogP contribution in [0.5, 0.6) is 11.5 Å². The molecule has 162 valence electrons. The molecule has 0 saturated carbocycles. The first-order chi connectivity index (χ1) is 14.9. The van der Waals surface area contributed by atoms with Crippen molar-refractivity contribution in [2.24, 2.45) is 0 Å². The van der Waals surface area contributed by atoms with E-state index in [0.717, 1.165) is 57.4 Å². The van der Waals surface area contributed by atoms with Crippen molar-refractivity contribution in [2.45, 2.75) is 40.2 Å². The average molecular weight is 420 g/mol. The number of hydrogen-bond donors (Lipinski definition) is 1. The number of methoxy groups -OCH3 is 1. The number of nitrogens with zero attached hydrogens (tertiary/aromatic N) is 4. The third-order valence-electron chi connectivity index (χ3n) is 5.61. The lowest BCUT2D eigenvalue weighted by Gasteiger charge is -2.26. The Balaban J connectivity index is 1.78. The predicted molar refractivity (Wildman–Crippen MR) is 123 cm³/mol. The van der Waals surface area contributed by atoms with E-state index < -0.39 is 0 Å².